The van der Waals surface area contributed by atoms with Crippen molar-refractivity contribution in [1.82, 2.24) is 9.88 Å². The Morgan fingerprint density at radius 3 is 2.56 bits per heavy atom. The fourth-order valence-corrected chi connectivity index (χ4v) is 3.97. The highest BCUT2D eigenvalue weighted by atomic mass is 16.5. The molecule has 9 nitrogen and oxygen atoms in total. The smallest absolute Gasteiger partial charge is 0.205 e. The van der Waals surface area contributed by atoms with E-state index >= 15 is 0 Å². The standard InChI is InChI=1S/C23H24N2O7/c1-29-21-15-5-9-32-22(15)23(30-2)20(28)17(21)19(27)16(13-25-7-10-31-11-8-25)18(26)14-4-3-6-24-12-14/h3-6,9,12,16,28H,7-8,10-11,13H2,1-2H3. The van der Waals surface area contributed by atoms with Crippen molar-refractivity contribution in [2.45, 2.75) is 0 Å². The second-order valence-electron chi connectivity index (χ2n) is 7.39. The molecule has 1 aliphatic heterocycles. The van der Waals surface area contributed by atoms with Crippen molar-refractivity contribution in [2.75, 3.05) is 47.1 Å². The van der Waals surface area contributed by atoms with Crippen molar-refractivity contribution in [3.63, 3.8) is 0 Å². The average molecular weight is 440 g/mol. The van der Waals surface area contributed by atoms with Crippen LogP contribution in [0, 0.1) is 5.92 Å². The number of ketones is 2. The third kappa shape index (κ3) is 3.92. The van der Waals surface area contributed by atoms with Crippen LogP contribution in [-0.4, -0.2) is 73.6 Å². The highest BCUT2D eigenvalue weighted by Gasteiger charge is 2.37. The minimum atomic E-state index is -1.09. The molecule has 3 heterocycles. The number of fused-ring (bicyclic) bond motifs is 1. The number of rotatable bonds is 8. The Kier molecular flexibility index (Phi) is 6.38. The minimum Gasteiger partial charge on any atom is -0.504 e. The van der Waals surface area contributed by atoms with E-state index in [1.807, 2.05) is 4.90 Å². The molecular formula is C23H24N2O7. The number of phenols is 1. The van der Waals surface area contributed by atoms with E-state index in [2.05, 4.69) is 4.98 Å². The molecule has 4 rings (SSSR count). The molecule has 0 aliphatic carbocycles. The first-order chi connectivity index (χ1) is 15.6. The van der Waals surface area contributed by atoms with Crippen molar-refractivity contribution < 1.29 is 33.3 Å². The second-order valence-corrected chi connectivity index (χ2v) is 7.39. The van der Waals surface area contributed by atoms with E-state index in [0.717, 1.165) is 0 Å². The number of morpholine rings is 1. The summed E-state index contributed by atoms with van der Waals surface area (Å²) in [5, 5.41) is 11.4. The Labute approximate surface area is 184 Å². The molecule has 32 heavy (non-hydrogen) atoms. The van der Waals surface area contributed by atoms with Gasteiger partial charge in [0.1, 0.15) is 11.3 Å². The molecular weight excluding hydrogens is 416 g/mol. The molecule has 1 N–H and O–H groups in total. The predicted octanol–water partition coefficient (Wildman–Crippen LogP) is 2.56. The van der Waals surface area contributed by atoms with Gasteiger partial charge in [0.2, 0.25) is 5.75 Å². The van der Waals surface area contributed by atoms with Crippen LogP contribution >= 0.6 is 0 Å². The summed E-state index contributed by atoms with van der Waals surface area (Å²) in [4.78, 5) is 33.3. The molecule has 168 valence electrons. The van der Waals surface area contributed by atoms with Gasteiger partial charge in [0.15, 0.2) is 22.9 Å². The average Bonchev–Trinajstić information content (AvgIpc) is 3.31. The van der Waals surface area contributed by atoms with Crippen LogP contribution in [0.2, 0.25) is 0 Å². The highest BCUT2D eigenvalue weighted by molar-refractivity contribution is 6.20. The lowest BCUT2D eigenvalue weighted by Crippen LogP contribution is -2.43. The Balaban J connectivity index is 1.82. The monoisotopic (exact) mass is 440 g/mol. The molecule has 0 bridgehead atoms. The summed E-state index contributed by atoms with van der Waals surface area (Å²) < 4.78 is 21.6. The molecule has 0 amide bonds. The third-order valence-corrected chi connectivity index (χ3v) is 5.57. The van der Waals surface area contributed by atoms with Crippen LogP contribution in [0.4, 0.5) is 0 Å². The lowest BCUT2D eigenvalue weighted by molar-refractivity contribution is 0.0297. The molecule has 1 fully saturated rings. The molecule has 1 atom stereocenters. The van der Waals surface area contributed by atoms with Gasteiger partial charge >= 0.3 is 0 Å². The van der Waals surface area contributed by atoms with E-state index in [0.29, 0.717) is 37.3 Å². The second kappa shape index (κ2) is 9.37. The summed E-state index contributed by atoms with van der Waals surface area (Å²) in [7, 11) is 2.76. The molecule has 1 aromatic carbocycles. The predicted molar refractivity (Wildman–Crippen MR) is 115 cm³/mol. The van der Waals surface area contributed by atoms with Gasteiger partial charge in [0.25, 0.3) is 0 Å². The molecule has 1 aliphatic rings. The number of nitrogens with zero attached hydrogens (tertiary/aromatic N) is 2. The van der Waals surface area contributed by atoms with Crippen molar-refractivity contribution in [2.24, 2.45) is 5.92 Å². The summed E-state index contributed by atoms with van der Waals surface area (Å²) >= 11 is 0. The summed E-state index contributed by atoms with van der Waals surface area (Å²) in [5.41, 5.74) is 0.449. The first-order valence-electron chi connectivity index (χ1n) is 10.2. The van der Waals surface area contributed by atoms with Gasteiger partial charge in [-0.15, -0.1) is 0 Å². The van der Waals surface area contributed by atoms with Crippen molar-refractivity contribution >= 4 is 22.5 Å². The number of phenolic OH excluding ortho intramolecular Hbond substituents is 1. The quantitative estimate of drug-likeness (QED) is 0.417. The number of benzene rings is 1. The fraction of sp³-hybridized carbons (Fsp3) is 0.348. The van der Waals surface area contributed by atoms with Gasteiger partial charge in [0.05, 0.1) is 45.0 Å². The van der Waals surface area contributed by atoms with Gasteiger partial charge in [0, 0.05) is 37.6 Å². The number of ether oxygens (including phenoxy) is 3. The maximum absolute atomic E-state index is 13.8. The van der Waals surface area contributed by atoms with Crippen LogP contribution in [0.3, 0.4) is 0 Å². The number of aromatic nitrogens is 1. The lowest BCUT2D eigenvalue weighted by atomic mass is 9.88. The van der Waals surface area contributed by atoms with Crippen LogP contribution in [-0.2, 0) is 4.74 Å². The maximum Gasteiger partial charge on any atom is 0.205 e. The third-order valence-electron chi connectivity index (χ3n) is 5.57. The summed E-state index contributed by atoms with van der Waals surface area (Å²) in [6.07, 6.45) is 4.40. The van der Waals surface area contributed by atoms with Crippen molar-refractivity contribution in [1.29, 1.82) is 0 Å². The first kappa shape index (κ1) is 21.8. The molecule has 0 spiro atoms. The van der Waals surface area contributed by atoms with Crippen molar-refractivity contribution in [3.05, 3.63) is 48.0 Å². The van der Waals surface area contributed by atoms with Crippen LogP contribution < -0.4 is 9.47 Å². The van der Waals surface area contributed by atoms with E-state index in [1.165, 1.54) is 26.7 Å². The SMILES string of the molecule is COc1c(C(=O)C(CN2CCOCC2)C(=O)c2cccnc2)c(O)c(OC)c2occc12. The normalized spacial score (nSPS) is 15.4. The number of methoxy groups -OCH3 is 2. The van der Waals surface area contributed by atoms with Gasteiger partial charge in [-0.3, -0.25) is 19.5 Å². The maximum atomic E-state index is 13.8. The molecule has 1 unspecified atom stereocenters. The van der Waals surface area contributed by atoms with Crippen molar-refractivity contribution in [3.8, 4) is 17.2 Å². The topological polar surface area (TPSA) is 111 Å². The molecule has 3 aromatic rings. The molecule has 2 aromatic heterocycles. The van der Waals surface area contributed by atoms with Crippen LogP contribution in [0.5, 0.6) is 17.2 Å². The zero-order valence-electron chi connectivity index (χ0n) is 17.9. The number of carbonyl (C=O) groups excluding carboxylic acids is 2. The number of aromatic hydroxyl groups is 1. The number of pyridine rings is 1. The number of hydrogen-bond acceptors (Lipinski definition) is 9. The number of furan rings is 1. The summed E-state index contributed by atoms with van der Waals surface area (Å²) in [6, 6.07) is 4.88. The van der Waals surface area contributed by atoms with E-state index in [9.17, 15) is 14.7 Å². The Hall–Kier alpha value is -3.43. The minimum absolute atomic E-state index is 0.00750. The Morgan fingerprint density at radius 1 is 1.16 bits per heavy atom. The Morgan fingerprint density at radius 2 is 1.91 bits per heavy atom. The number of carbonyl (C=O) groups is 2. The first-order valence-corrected chi connectivity index (χ1v) is 10.2. The number of Topliss-reactive ketones (excluding diaryl/α,β-unsaturated/α-hetero) is 2. The largest absolute Gasteiger partial charge is 0.504 e. The Bertz CT molecular complexity index is 1120. The van der Waals surface area contributed by atoms with Gasteiger partial charge in [-0.25, -0.2) is 0 Å². The van der Waals surface area contributed by atoms with E-state index in [1.54, 1.807) is 24.4 Å². The zero-order chi connectivity index (χ0) is 22.7. The fourth-order valence-electron chi connectivity index (χ4n) is 3.97. The zero-order valence-corrected chi connectivity index (χ0v) is 17.9. The lowest BCUT2D eigenvalue weighted by Gasteiger charge is -2.29. The van der Waals surface area contributed by atoms with Gasteiger partial charge in [-0.2, -0.15) is 0 Å². The van der Waals surface area contributed by atoms with Gasteiger partial charge in [-0.1, -0.05) is 0 Å². The van der Waals surface area contributed by atoms with E-state index in [4.69, 9.17) is 18.6 Å². The molecule has 1 saturated heterocycles. The van der Waals surface area contributed by atoms with E-state index < -0.39 is 17.5 Å². The van der Waals surface area contributed by atoms with Crippen LogP contribution in [0.25, 0.3) is 11.0 Å². The van der Waals surface area contributed by atoms with Gasteiger partial charge < -0.3 is 23.7 Å². The summed E-state index contributed by atoms with van der Waals surface area (Å²) in [6.45, 7) is 2.40. The number of hydrogen-bond donors (Lipinski definition) is 1. The van der Waals surface area contributed by atoms with Gasteiger partial charge in [-0.05, 0) is 18.2 Å². The molecule has 0 radical (unpaired) electrons. The highest BCUT2D eigenvalue weighted by Crippen LogP contribution is 2.46. The molecule has 0 saturated carbocycles. The molecule has 9 heteroatoms. The summed E-state index contributed by atoms with van der Waals surface area (Å²) in [5.74, 6) is -2.34. The van der Waals surface area contributed by atoms with Crippen LogP contribution in [0.1, 0.15) is 20.7 Å². The van der Waals surface area contributed by atoms with E-state index in [-0.39, 0.29) is 35.0 Å². The van der Waals surface area contributed by atoms with Crippen LogP contribution in [0.15, 0.2) is 41.3 Å².